The van der Waals surface area contributed by atoms with Crippen LogP contribution in [-0.4, -0.2) is 5.11 Å². The topological polar surface area (TPSA) is 29.5 Å². The van der Waals surface area contributed by atoms with Gasteiger partial charge in [-0.15, -0.1) is 0 Å². The molecule has 104 valence electrons. The highest BCUT2D eigenvalue weighted by Crippen LogP contribution is 2.42. The molecule has 0 saturated carbocycles. The molecule has 0 radical (unpaired) electrons. The minimum Gasteiger partial charge on any atom is -0.485 e. The molecule has 1 aliphatic rings. The van der Waals surface area contributed by atoms with E-state index in [1.807, 2.05) is 6.07 Å². The molecule has 2 aromatic carbocycles. The van der Waals surface area contributed by atoms with Crippen molar-refractivity contribution in [2.24, 2.45) is 0 Å². The van der Waals surface area contributed by atoms with Crippen LogP contribution in [0.5, 0.6) is 5.75 Å². The summed E-state index contributed by atoms with van der Waals surface area (Å²) in [7, 11) is 0. The third kappa shape index (κ3) is 2.41. The van der Waals surface area contributed by atoms with Crippen LogP contribution < -0.4 is 4.74 Å². The molecule has 2 nitrogen and oxygen atoms in total. The Balaban J connectivity index is 1.97. The SMILES string of the molecule is Cc1ccc(C2CC(O)c3cc(Cl)ccc3O2)c(C)c1. The Hall–Kier alpha value is -1.51. The molecule has 0 spiro atoms. The minimum atomic E-state index is -0.539. The van der Waals surface area contributed by atoms with Crippen molar-refractivity contribution < 1.29 is 9.84 Å². The van der Waals surface area contributed by atoms with Crippen molar-refractivity contribution >= 4 is 11.6 Å². The van der Waals surface area contributed by atoms with Crippen molar-refractivity contribution in [1.29, 1.82) is 0 Å². The first-order valence-corrected chi connectivity index (χ1v) is 7.13. The Morgan fingerprint density at radius 3 is 2.65 bits per heavy atom. The summed E-state index contributed by atoms with van der Waals surface area (Å²) < 4.78 is 6.05. The molecule has 2 atom stereocenters. The van der Waals surface area contributed by atoms with Crippen molar-refractivity contribution in [3.8, 4) is 5.75 Å². The highest BCUT2D eigenvalue weighted by atomic mass is 35.5. The van der Waals surface area contributed by atoms with Gasteiger partial charge in [0.15, 0.2) is 0 Å². The lowest BCUT2D eigenvalue weighted by Crippen LogP contribution is -2.19. The molecule has 2 aromatic rings. The Kier molecular flexibility index (Phi) is 3.45. The molecular weight excluding hydrogens is 272 g/mol. The third-order valence-electron chi connectivity index (χ3n) is 3.81. The van der Waals surface area contributed by atoms with Crippen LogP contribution in [0.1, 0.15) is 40.9 Å². The van der Waals surface area contributed by atoms with Gasteiger partial charge in [0.2, 0.25) is 0 Å². The van der Waals surface area contributed by atoms with Gasteiger partial charge < -0.3 is 9.84 Å². The van der Waals surface area contributed by atoms with E-state index in [0.717, 1.165) is 16.9 Å². The number of hydrogen-bond acceptors (Lipinski definition) is 2. The summed E-state index contributed by atoms with van der Waals surface area (Å²) in [5.74, 6) is 0.720. The lowest BCUT2D eigenvalue weighted by atomic mass is 9.92. The van der Waals surface area contributed by atoms with Gasteiger partial charge in [-0.3, -0.25) is 0 Å². The summed E-state index contributed by atoms with van der Waals surface area (Å²) in [5.41, 5.74) is 4.34. The molecular formula is C17H17ClO2. The number of rotatable bonds is 1. The zero-order chi connectivity index (χ0) is 14.3. The van der Waals surface area contributed by atoms with E-state index in [0.29, 0.717) is 11.4 Å². The summed E-state index contributed by atoms with van der Waals surface area (Å²) >= 11 is 5.97. The van der Waals surface area contributed by atoms with Crippen molar-refractivity contribution in [2.75, 3.05) is 0 Å². The average molecular weight is 289 g/mol. The Labute approximate surface area is 124 Å². The summed E-state index contributed by atoms with van der Waals surface area (Å²) in [6, 6.07) is 11.7. The molecule has 2 unspecified atom stereocenters. The molecule has 0 fully saturated rings. The first-order valence-electron chi connectivity index (χ1n) is 6.76. The number of halogens is 1. The van der Waals surface area contributed by atoms with Crippen LogP contribution in [0.2, 0.25) is 5.02 Å². The maximum Gasteiger partial charge on any atom is 0.127 e. The maximum absolute atomic E-state index is 10.3. The fraction of sp³-hybridized carbons (Fsp3) is 0.294. The lowest BCUT2D eigenvalue weighted by molar-refractivity contribution is 0.0655. The molecule has 0 saturated heterocycles. The van der Waals surface area contributed by atoms with E-state index in [9.17, 15) is 5.11 Å². The Morgan fingerprint density at radius 1 is 1.10 bits per heavy atom. The van der Waals surface area contributed by atoms with E-state index in [2.05, 4.69) is 32.0 Å². The van der Waals surface area contributed by atoms with Gasteiger partial charge in [-0.1, -0.05) is 35.4 Å². The predicted molar refractivity (Wildman–Crippen MR) is 80.3 cm³/mol. The smallest absolute Gasteiger partial charge is 0.127 e. The summed E-state index contributed by atoms with van der Waals surface area (Å²) in [6.45, 7) is 4.15. The maximum atomic E-state index is 10.3. The monoisotopic (exact) mass is 288 g/mol. The van der Waals surface area contributed by atoms with Crippen molar-refractivity contribution in [3.05, 3.63) is 63.7 Å². The van der Waals surface area contributed by atoms with Crippen molar-refractivity contribution in [2.45, 2.75) is 32.5 Å². The Morgan fingerprint density at radius 2 is 1.90 bits per heavy atom. The Bertz CT molecular complexity index is 651. The van der Waals surface area contributed by atoms with E-state index in [1.165, 1.54) is 11.1 Å². The van der Waals surface area contributed by atoms with E-state index >= 15 is 0 Å². The van der Waals surface area contributed by atoms with E-state index in [4.69, 9.17) is 16.3 Å². The predicted octanol–water partition coefficient (Wildman–Crippen LogP) is 4.51. The quantitative estimate of drug-likeness (QED) is 0.836. The number of fused-ring (bicyclic) bond motifs is 1. The number of aliphatic hydroxyl groups is 1. The van der Waals surface area contributed by atoms with Crippen LogP contribution >= 0.6 is 11.6 Å². The molecule has 0 amide bonds. The minimum absolute atomic E-state index is 0.112. The number of aryl methyl sites for hydroxylation is 2. The molecule has 0 aliphatic carbocycles. The normalized spacial score (nSPS) is 21.2. The summed E-state index contributed by atoms with van der Waals surface area (Å²) in [4.78, 5) is 0. The molecule has 0 aromatic heterocycles. The van der Waals surface area contributed by atoms with Gasteiger partial charge in [-0.2, -0.15) is 0 Å². The standard InChI is InChI=1S/C17H17ClO2/c1-10-3-5-13(11(2)7-10)17-9-15(19)14-8-12(18)4-6-16(14)20-17/h3-8,15,17,19H,9H2,1-2H3. The van der Waals surface area contributed by atoms with Gasteiger partial charge in [0.1, 0.15) is 11.9 Å². The zero-order valence-electron chi connectivity index (χ0n) is 11.6. The van der Waals surface area contributed by atoms with Gasteiger partial charge >= 0.3 is 0 Å². The zero-order valence-corrected chi connectivity index (χ0v) is 12.3. The number of aliphatic hydroxyl groups excluding tert-OH is 1. The average Bonchev–Trinajstić information content (AvgIpc) is 2.39. The van der Waals surface area contributed by atoms with Gasteiger partial charge in [-0.05, 0) is 43.2 Å². The molecule has 3 heteroatoms. The second-order valence-corrected chi connectivity index (χ2v) is 5.84. The number of hydrogen-bond donors (Lipinski definition) is 1. The van der Waals surface area contributed by atoms with Gasteiger partial charge in [-0.25, -0.2) is 0 Å². The fourth-order valence-electron chi connectivity index (χ4n) is 2.80. The van der Waals surface area contributed by atoms with Crippen LogP contribution in [-0.2, 0) is 0 Å². The van der Waals surface area contributed by atoms with E-state index < -0.39 is 6.10 Å². The van der Waals surface area contributed by atoms with Gasteiger partial charge in [0.05, 0.1) is 6.10 Å². The van der Waals surface area contributed by atoms with Crippen LogP contribution in [0.25, 0.3) is 0 Å². The summed E-state index contributed by atoms with van der Waals surface area (Å²) in [5, 5.41) is 10.9. The lowest BCUT2D eigenvalue weighted by Gasteiger charge is -2.31. The third-order valence-corrected chi connectivity index (χ3v) is 4.04. The van der Waals surface area contributed by atoms with Crippen molar-refractivity contribution in [3.63, 3.8) is 0 Å². The summed E-state index contributed by atoms with van der Waals surface area (Å²) in [6.07, 6.45) is -0.0977. The van der Waals surface area contributed by atoms with Crippen LogP contribution in [0, 0.1) is 13.8 Å². The van der Waals surface area contributed by atoms with E-state index in [-0.39, 0.29) is 6.10 Å². The molecule has 0 bridgehead atoms. The van der Waals surface area contributed by atoms with E-state index in [1.54, 1.807) is 12.1 Å². The first kappa shape index (κ1) is 13.5. The van der Waals surface area contributed by atoms with Crippen LogP contribution in [0.15, 0.2) is 36.4 Å². The molecule has 1 N–H and O–H groups in total. The van der Waals surface area contributed by atoms with Crippen LogP contribution in [0.4, 0.5) is 0 Å². The van der Waals surface area contributed by atoms with Gasteiger partial charge in [0.25, 0.3) is 0 Å². The number of benzene rings is 2. The van der Waals surface area contributed by atoms with Crippen molar-refractivity contribution in [1.82, 2.24) is 0 Å². The number of ether oxygens (including phenoxy) is 1. The molecule has 1 aliphatic heterocycles. The fourth-order valence-corrected chi connectivity index (χ4v) is 2.98. The largest absolute Gasteiger partial charge is 0.485 e. The molecule has 1 heterocycles. The molecule has 3 rings (SSSR count). The second kappa shape index (κ2) is 5.12. The highest BCUT2D eigenvalue weighted by Gasteiger charge is 2.28. The first-order chi connectivity index (χ1) is 9.54. The second-order valence-electron chi connectivity index (χ2n) is 5.40. The molecule has 20 heavy (non-hydrogen) atoms. The van der Waals surface area contributed by atoms with Crippen LogP contribution in [0.3, 0.4) is 0 Å². The van der Waals surface area contributed by atoms with Gasteiger partial charge in [0, 0.05) is 17.0 Å². The highest BCUT2D eigenvalue weighted by molar-refractivity contribution is 6.30.